The van der Waals surface area contributed by atoms with Crippen molar-refractivity contribution in [3.63, 3.8) is 0 Å². The Balaban J connectivity index is 1.81. The molecule has 1 heterocycles. The highest BCUT2D eigenvalue weighted by Gasteiger charge is 2.38. The van der Waals surface area contributed by atoms with Gasteiger partial charge in [-0.1, -0.05) is 11.6 Å². The van der Waals surface area contributed by atoms with Gasteiger partial charge in [-0.2, -0.15) is 13.2 Å². The van der Waals surface area contributed by atoms with Crippen LogP contribution >= 0.6 is 11.6 Å². The average molecular weight is 469 g/mol. The lowest BCUT2D eigenvalue weighted by molar-refractivity contribution is -0.154. The van der Waals surface area contributed by atoms with E-state index in [0.29, 0.717) is 27.6 Å². The molecule has 0 saturated carbocycles. The van der Waals surface area contributed by atoms with Gasteiger partial charge in [-0.15, -0.1) is 0 Å². The second-order valence-electron chi connectivity index (χ2n) is 7.60. The molecule has 3 aromatic rings. The molecule has 0 unspecified atom stereocenters. The molecule has 0 saturated heterocycles. The Morgan fingerprint density at radius 1 is 1.09 bits per heavy atom. The number of carboxylic acids is 1. The molecule has 0 aliphatic rings. The molecule has 2 aromatic carbocycles. The minimum atomic E-state index is -4.70. The van der Waals surface area contributed by atoms with Crippen molar-refractivity contribution in [3.8, 4) is 22.8 Å². The topological polar surface area (TPSA) is 68.9 Å². The first-order valence-electron chi connectivity index (χ1n) is 9.48. The Morgan fingerprint density at radius 2 is 1.75 bits per heavy atom. The van der Waals surface area contributed by atoms with Gasteiger partial charge in [0.1, 0.15) is 23.9 Å². The van der Waals surface area contributed by atoms with Gasteiger partial charge in [0.25, 0.3) is 0 Å². The summed E-state index contributed by atoms with van der Waals surface area (Å²) < 4.78 is 56.6. The Hall–Kier alpha value is -3.13. The summed E-state index contributed by atoms with van der Waals surface area (Å²) in [6.07, 6.45) is -4.70. The van der Waals surface area contributed by atoms with Crippen LogP contribution in [-0.2, 0) is 17.6 Å². The zero-order valence-corrected chi connectivity index (χ0v) is 18.2. The normalized spacial score (nSPS) is 12.0. The van der Waals surface area contributed by atoms with Crippen molar-refractivity contribution >= 4 is 17.6 Å². The summed E-state index contributed by atoms with van der Waals surface area (Å²) in [6.45, 7) is 4.12. The van der Waals surface area contributed by atoms with E-state index in [2.05, 4.69) is 0 Å². The van der Waals surface area contributed by atoms with E-state index in [1.807, 2.05) is 0 Å². The number of rotatable bonds is 7. The van der Waals surface area contributed by atoms with Crippen LogP contribution in [0.4, 0.5) is 13.2 Å². The van der Waals surface area contributed by atoms with Gasteiger partial charge in [0.2, 0.25) is 5.76 Å². The highest BCUT2D eigenvalue weighted by Crippen LogP contribution is 2.38. The number of carbonyl (C=O) groups is 1. The van der Waals surface area contributed by atoms with E-state index in [0.717, 1.165) is 0 Å². The van der Waals surface area contributed by atoms with Crippen LogP contribution in [0.25, 0.3) is 11.3 Å². The molecule has 0 atom stereocenters. The van der Waals surface area contributed by atoms with Gasteiger partial charge in [-0.05, 0) is 74.9 Å². The maximum absolute atomic E-state index is 13.5. The number of hydrogen-bond acceptors (Lipinski definition) is 4. The minimum absolute atomic E-state index is 0.0448. The lowest BCUT2D eigenvalue weighted by atomic mass is 10.1. The zero-order chi connectivity index (χ0) is 23.7. The molecule has 0 amide bonds. The van der Waals surface area contributed by atoms with Crippen LogP contribution in [0, 0.1) is 6.92 Å². The van der Waals surface area contributed by atoms with E-state index in [-0.39, 0.29) is 17.9 Å². The fourth-order valence-corrected chi connectivity index (χ4v) is 2.96. The number of benzene rings is 2. The predicted octanol–water partition coefficient (Wildman–Crippen LogP) is 6.75. The minimum Gasteiger partial charge on any atom is -0.489 e. The number of aliphatic carboxylic acids is 1. The smallest absolute Gasteiger partial charge is 0.449 e. The van der Waals surface area contributed by atoms with Crippen molar-refractivity contribution < 1.29 is 37.0 Å². The van der Waals surface area contributed by atoms with Crippen molar-refractivity contribution in [1.82, 2.24) is 0 Å². The lowest BCUT2D eigenvalue weighted by Gasteiger charge is -2.23. The summed E-state index contributed by atoms with van der Waals surface area (Å²) in [5, 5.41) is 9.64. The van der Waals surface area contributed by atoms with E-state index in [4.69, 9.17) is 25.5 Å². The number of aryl methyl sites for hydroxylation is 1. The first-order chi connectivity index (χ1) is 14.9. The summed E-state index contributed by atoms with van der Waals surface area (Å²) in [5.41, 5.74) is -0.581. The second kappa shape index (κ2) is 8.78. The van der Waals surface area contributed by atoms with Crippen LogP contribution in [0.3, 0.4) is 0 Å². The fraction of sp³-hybridized carbons (Fsp3) is 0.261. The van der Waals surface area contributed by atoms with Crippen LogP contribution < -0.4 is 9.47 Å². The Bertz CT molecular complexity index is 1120. The van der Waals surface area contributed by atoms with Crippen LogP contribution in [0.15, 0.2) is 52.9 Å². The van der Waals surface area contributed by atoms with Gasteiger partial charge in [-0.25, -0.2) is 4.79 Å². The predicted molar refractivity (Wildman–Crippen MR) is 112 cm³/mol. The molecule has 0 bridgehead atoms. The molecule has 0 radical (unpaired) electrons. The van der Waals surface area contributed by atoms with E-state index >= 15 is 0 Å². The van der Waals surface area contributed by atoms with Crippen LogP contribution in [0.5, 0.6) is 11.5 Å². The Morgan fingerprint density at radius 3 is 2.31 bits per heavy atom. The zero-order valence-electron chi connectivity index (χ0n) is 17.4. The van der Waals surface area contributed by atoms with E-state index in [1.54, 1.807) is 37.3 Å². The molecule has 0 spiro atoms. The maximum atomic E-state index is 13.5. The molecular weight excluding hydrogens is 449 g/mol. The van der Waals surface area contributed by atoms with Crippen molar-refractivity contribution in [2.45, 2.75) is 39.2 Å². The quantitative estimate of drug-likeness (QED) is 0.415. The molecule has 9 heteroatoms. The standard InChI is InChI=1S/C23H20ClF3O5/c1-13-10-17(8-9-18(13)32-22(2,3)21(28)29)30-12-15-11-19(31-20(15)23(25,26)27)14-4-6-16(24)7-5-14/h4-11H,12H2,1-3H3,(H,28,29). The Kier molecular flexibility index (Phi) is 6.46. The number of carboxylic acid groups (broad SMARTS) is 1. The Labute approximate surface area is 187 Å². The third-order valence-corrected chi connectivity index (χ3v) is 4.87. The number of hydrogen-bond donors (Lipinski definition) is 1. The van der Waals surface area contributed by atoms with Gasteiger partial charge >= 0.3 is 12.1 Å². The molecule has 1 N–H and O–H groups in total. The van der Waals surface area contributed by atoms with E-state index in [1.165, 1.54) is 32.0 Å². The van der Waals surface area contributed by atoms with Crippen LogP contribution in [0.2, 0.25) is 5.02 Å². The third-order valence-electron chi connectivity index (χ3n) is 4.62. The number of furan rings is 1. The first-order valence-corrected chi connectivity index (χ1v) is 9.86. The second-order valence-corrected chi connectivity index (χ2v) is 8.04. The monoisotopic (exact) mass is 468 g/mol. The molecular formula is C23H20ClF3O5. The molecule has 0 fully saturated rings. The lowest BCUT2D eigenvalue weighted by Crippen LogP contribution is -2.38. The van der Waals surface area contributed by atoms with Gasteiger partial charge in [0, 0.05) is 16.1 Å². The third kappa shape index (κ3) is 5.37. The van der Waals surface area contributed by atoms with Gasteiger partial charge < -0.3 is 19.0 Å². The van der Waals surface area contributed by atoms with Crippen molar-refractivity contribution in [1.29, 1.82) is 0 Å². The average Bonchev–Trinajstić information content (AvgIpc) is 3.13. The highest BCUT2D eigenvalue weighted by atomic mass is 35.5. The largest absolute Gasteiger partial charge is 0.489 e. The van der Waals surface area contributed by atoms with Gasteiger partial charge in [0.05, 0.1) is 0 Å². The van der Waals surface area contributed by atoms with Crippen molar-refractivity contribution in [3.05, 3.63) is 70.4 Å². The molecule has 0 aliphatic heterocycles. The summed E-state index contributed by atoms with van der Waals surface area (Å²) in [7, 11) is 0. The van der Waals surface area contributed by atoms with Crippen molar-refractivity contribution in [2.75, 3.05) is 0 Å². The first kappa shape index (κ1) is 23.5. The summed E-state index contributed by atoms with van der Waals surface area (Å²) in [6, 6.07) is 12.1. The summed E-state index contributed by atoms with van der Waals surface area (Å²) >= 11 is 5.83. The SMILES string of the molecule is Cc1cc(OCc2cc(-c3ccc(Cl)cc3)oc2C(F)(F)F)ccc1OC(C)(C)C(=O)O. The number of alkyl halides is 3. The van der Waals surface area contributed by atoms with E-state index in [9.17, 15) is 23.1 Å². The fourth-order valence-electron chi connectivity index (χ4n) is 2.84. The van der Waals surface area contributed by atoms with Gasteiger partial charge in [0.15, 0.2) is 5.60 Å². The van der Waals surface area contributed by atoms with Crippen molar-refractivity contribution in [2.24, 2.45) is 0 Å². The van der Waals surface area contributed by atoms with E-state index < -0.39 is 23.5 Å². The molecule has 170 valence electrons. The summed E-state index contributed by atoms with van der Waals surface area (Å²) in [5.74, 6) is -1.60. The molecule has 32 heavy (non-hydrogen) atoms. The number of ether oxygens (including phenoxy) is 2. The van der Waals surface area contributed by atoms with Gasteiger partial charge in [-0.3, -0.25) is 0 Å². The maximum Gasteiger partial charge on any atom is 0.449 e. The number of halogens is 4. The molecule has 3 rings (SSSR count). The molecule has 1 aromatic heterocycles. The van der Waals surface area contributed by atoms with Crippen LogP contribution in [-0.4, -0.2) is 16.7 Å². The highest BCUT2D eigenvalue weighted by molar-refractivity contribution is 6.30. The molecule has 0 aliphatic carbocycles. The van der Waals surface area contributed by atoms with Crippen LogP contribution in [0.1, 0.15) is 30.7 Å². The summed E-state index contributed by atoms with van der Waals surface area (Å²) in [4.78, 5) is 11.2. The molecule has 5 nitrogen and oxygen atoms in total.